The van der Waals surface area contributed by atoms with Crippen LogP contribution in [-0.4, -0.2) is 10.2 Å². The minimum atomic E-state index is 0.439. The smallest absolute Gasteiger partial charge is 0.147 e. The second kappa shape index (κ2) is 4.72. The lowest BCUT2D eigenvalue weighted by Crippen LogP contribution is -1.95. The number of rotatable bonds is 3. The predicted octanol–water partition coefficient (Wildman–Crippen LogP) is 2.79. The first kappa shape index (κ1) is 11.2. The van der Waals surface area contributed by atoms with E-state index in [2.05, 4.69) is 24.0 Å². The molecule has 0 atom stereocenters. The maximum atomic E-state index is 5.56. The van der Waals surface area contributed by atoms with E-state index in [0.717, 1.165) is 21.1 Å². The van der Waals surface area contributed by atoms with Crippen molar-refractivity contribution in [3.05, 3.63) is 34.8 Å². The number of nitrogens with zero attached hydrogens (tertiary/aromatic N) is 2. The van der Waals surface area contributed by atoms with Crippen LogP contribution in [-0.2, 0) is 6.54 Å². The Morgan fingerprint density at radius 1 is 1.19 bits per heavy atom. The van der Waals surface area contributed by atoms with E-state index in [0.29, 0.717) is 12.5 Å². The standard InChI is InChI=1S/C12H15N3S/c1-8(2)11-14-15-12(16-11)10-5-3-9(7-13)4-6-10/h3-6,8H,7,13H2,1-2H3. The number of aromatic nitrogens is 2. The maximum Gasteiger partial charge on any atom is 0.147 e. The van der Waals surface area contributed by atoms with Crippen LogP contribution >= 0.6 is 11.3 Å². The van der Waals surface area contributed by atoms with Gasteiger partial charge in [0.25, 0.3) is 0 Å². The summed E-state index contributed by atoms with van der Waals surface area (Å²) >= 11 is 1.65. The van der Waals surface area contributed by atoms with E-state index in [4.69, 9.17) is 5.73 Å². The monoisotopic (exact) mass is 233 g/mol. The normalized spacial score (nSPS) is 11.0. The third-order valence-electron chi connectivity index (χ3n) is 2.37. The Kier molecular flexibility index (Phi) is 3.31. The summed E-state index contributed by atoms with van der Waals surface area (Å²) in [5, 5.41) is 10.4. The molecule has 2 rings (SSSR count). The summed E-state index contributed by atoms with van der Waals surface area (Å²) in [6.07, 6.45) is 0. The Morgan fingerprint density at radius 2 is 1.88 bits per heavy atom. The van der Waals surface area contributed by atoms with Crippen molar-refractivity contribution in [2.75, 3.05) is 0 Å². The molecule has 1 heterocycles. The van der Waals surface area contributed by atoms with Crippen LogP contribution in [0, 0.1) is 0 Å². The van der Waals surface area contributed by atoms with Crippen molar-refractivity contribution >= 4 is 11.3 Å². The van der Waals surface area contributed by atoms with Gasteiger partial charge < -0.3 is 5.73 Å². The molecule has 1 aromatic heterocycles. The van der Waals surface area contributed by atoms with E-state index in [9.17, 15) is 0 Å². The van der Waals surface area contributed by atoms with E-state index >= 15 is 0 Å². The zero-order valence-corrected chi connectivity index (χ0v) is 10.3. The van der Waals surface area contributed by atoms with Crippen LogP contribution in [0.1, 0.15) is 30.3 Å². The fourth-order valence-electron chi connectivity index (χ4n) is 1.37. The van der Waals surface area contributed by atoms with Gasteiger partial charge in [-0.1, -0.05) is 49.4 Å². The van der Waals surface area contributed by atoms with E-state index in [1.807, 2.05) is 24.3 Å². The quantitative estimate of drug-likeness (QED) is 0.887. The van der Waals surface area contributed by atoms with Crippen LogP contribution in [0.2, 0.25) is 0 Å². The maximum absolute atomic E-state index is 5.56. The molecule has 84 valence electrons. The minimum Gasteiger partial charge on any atom is -0.326 e. The molecule has 1 aromatic carbocycles. The van der Waals surface area contributed by atoms with Crippen LogP contribution < -0.4 is 5.73 Å². The highest BCUT2D eigenvalue weighted by atomic mass is 32.1. The molecule has 0 spiro atoms. The molecule has 0 saturated heterocycles. The minimum absolute atomic E-state index is 0.439. The predicted molar refractivity (Wildman–Crippen MR) is 67.3 cm³/mol. The van der Waals surface area contributed by atoms with Crippen molar-refractivity contribution < 1.29 is 0 Å². The van der Waals surface area contributed by atoms with Gasteiger partial charge in [-0.2, -0.15) is 0 Å². The summed E-state index contributed by atoms with van der Waals surface area (Å²) in [5.74, 6) is 0.439. The first-order valence-corrected chi connectivity index (χ1v) is 6.15. The Morgan fingerprint density at radius 3 is 2.38 bits per heavy atom. The van der Waals surface area contributed by atoms with Gasteiger partial charge in [0.1, 0.15) is 10.0 Å². The molecule has 0 fully saturated rings. The summed E-state index contributed by atoms with van der Waals surface area (Å²) in [7, 11) is 0. The number of hydrogen-bond acceptors (Lipinski definition) is 4. The van der Waals surface area contributed by atoms with Crippen LogP contribution in [0.15, 0.2) is 24.3 Å². The number of hydrogen-bond donors (Lipinski definition) is 1. The van der Waals surface area contributed by atoms with E-state index in [1.165, 1.54) is 0 Å². The summed E-state index contributed by atoms with van der Waals surface area (Å²) < 4.78 is 0. The summed E-state index contributed by atoms with van der Waals surface area (Å²) in [6.45, 7) is 4.83. The van der Waals surface area contributed by atoms with Crippen molar-refractivity contribution in [1.29, 1.82) is 0 Å². The fourth-order valence-corrected chi connectivity index (χ4v) is 2.22. The molecule has 0 radical (unpaired) electrons. The van der Waals surface area contributed by atoms with Gasteiger partial charge in [0.05, 0.1) is 0 Å². The third-order valence-corrected chi connectivity index (χ3v) is 3.64. The molecule has 3 nitrogen and oxygen atoms in total. The van der Waals surface area contributed by atoms with Gasteiger partial charge >= 0.3 is 0 Å². The first-order valence-electron chi connectivity index (χ1n) is 5.33. The van der Waals surface area contributed by atoms with Crippen LogP contribution in [0.3, 0.4) is 0 Å². The molecular formula is C12H15N3S. The largest absolute Gasteiger partial charge is 0.326 e. The van der Waals surface area contributed by atoms with Crippen molar-refractivity contribution in [2.45, 2.75) is 26.3 Å². The Labute approximate surface area is 99.3 Å². The molecule has 4 heteroatoms. The lowest BCUT2D eigenvalue weighted by molar-refractivity contribution is 0.825. The van der Waals surface area contributed by atoms with Gasteiger partial charge in [-0.05, 0) is 5.56 Å². The van der Waals surface area contributed by atoms with Crippen molar-refractivity contribution in [1.82, 2.24) is 10.2 Å². The first-order chi connectivity index (χ1) is 7.70. The Hall–Kier alpha value is -1.26. The fraction of sp³-hybridized carbons (Fsp3) is 0.333. The molecule has 0 saturated carbocycles. The van der Waals surface area contributed by atoms with E-state index < -0.39 is 0 Å². The molecule has 16 heavy (non-hydrogen) atoms. The second-order valence-electron chi connectivity index (χ2n) is 4.00. The average molecular weight is 233 g/mol. The Bertz CT molecular complexity index is 459. The van der Waals surface area contributed by atoms with Gasteiger partial charge in [-0.15, -0.1) is 10.2 Å². The highest BCUT2D eigenvalue weighted by Gasteiger charge is 2.08. The van der Waals surface area contributed by atoms with Crippen LogP contribution in [0.4, 0.5) is 0 Å². The van der Waals surface area contributed by atoms with Crippen molar-refractivity contribution in [3.8, 4) is 10.6 Å². The topological polar surface area (TPSA) is 51.8 Å². The van der Waals surface area contributed by atoms with Crippen molar-refractivity contribution in [3.63, 3.8) is 0 Å². The zero-order valence-electron chi connectivity index (χ0n) is 9.47. The lowest BCUT2D eigenvalue weighted by atomic mass is 10.1. The highest BCUT2D eigenvalue weighted by Crippen LogP contribution is 2.27. The molecule has 0 bridgehead atoms. The summed E-state index contributed by atoms with van der Waals surface area (Å²) in [5.41, 5.74) is 7.81. The SMILES string of the molecule is CC(C)c1nnc(-c2ccc(CN)cc2)s1. The van der Waals surface area contributed by atoms with Crippen LogP contribution in [0.25, 0.3) is 10.6 Å². The van der Waals surface area contributed by atoms with Gasteiger partial charge in [0.15, 0.2) is 0 Å². The average Bonchev–Trinajstić information content (AvgIpc) is 2.78. The lowest BCUT2D eigenvalue weighted by Gasteiger charge is -1.98. The van der Waals surface area contributed by atoms with E-state index in [-0.39, 0.29) is 0 Å². The van der Waals surface area contributed by atoms with Gasteiger partial charge in [0, 0.05) is 18.0 Å². The molecule has 0 aliphatic heterocycles. The van der Waals surface area contributed by atoms with Crippen molar-refractivity contribution in [2.24, 2.45) is 5.73 Å². The highest BCUT2D eigenvalue weighted by molar-refractivity contribution is 7.14. The van der Waals surface area contributed by atoms with E-state index in [1.54, 1.807) is 11.3 Å². The number of nitrogens with two attached hydrogens (primary N) is 1. The second-order valence-corrected chi connectivity index (χ2v) is 5.01. The summed E-state index contributed by atoms with van der Waals surface area (Å²) in [4.78, 5) is 0. The molecule has 0 unspecified atom stereocenters. The van der Waals surface area contributed by atoms with Gasteiger partial charge in [0.2, 0.25) is 0 Å². The molecule has 0 aliphatic carbocycles. The molecule has 2 N–H and O–H groups in total. The molecule has 2 aromatic rings. The number of benzene rings is 1. The van der Waals surface area contributed by atoms with Gasteiger partial charge in [-0.25, -0.2) is 0 Å². The van der Waals surface area contributed by atoms with Crippen LogP contribution in [0.5, 0.6) is 0 Å². The Balaban J connectivity index is 2.28. The van der Waals surface area contributed by atoms with Gasteiger partial charge in [-0.3, -0.25) is 0 Å². The zero-order chi connectivity index (χ0) is 11.5. The molecule has 0 aliphatic rings. The summed E-state index contributed by atoms with van der Waals surface area (Å²) in [6, 6.07) is 8.16. The molecular weight excluding hydrogens is 218 g/mol. The third kappa shape index (κ3) is 2.28. The molecule has 0 amide bonds.